The number of benzene rings is 1. The van der Waals surface area contributed by atoms with Crippen LogP contribution in [0.4, 0.5) is 18.9 Å². The minimum atomic E-state index is -1.71. The summed E-state index contributed by atoms with van der Waals surface area (Å²) in [6, 6.07) is 1.56. The molecule has 1 aliphatic rings. The van der Waals surface area contributed by atoms with Crippen molar-refractivity contribution in [2.45, 2.75) is 39.0 Å². The molecule has 1 fully saturated rings. The molecule has 0 heterocycles. The number of anilines is 1. The standard InChI is InChI=1S/C18H21F3N2O4/c1-2-8-23(14(25)9-18(17(26)27)6-3-7-18)10-13(24)22-12-5-4-11(19)15(20)16(12)21/h4-5H,2-3,6-10H2,1H3,(H,22,24)(H,26,27). The number of carboxylic acids is 1. The topological polar surface area (TPSA) is 86.7 Å². The molecule has 148 valence electrons. The van der Waals surface area contributed by atoms with Crippen LogP contribution in [0.3, 0.4) is 0 Å². The van der Waals surface area contributed by atoms with E-state index in [1.165, 1.54) is 4.90 Å². The van der Waals surface area contributed by atoms with Gasteiger partial charge in [-0.05, 0) is 31.4 Å². The lowest BCUT2D eigenvalue weighted by molar-refractivity contribution is -0.159. The summed E-state index contributed by atoms with van der Waals surface area (Å²) >= 11 is 0. The van der Waals surface area contributed by atoms with Gasteiger partial charge in [-0.2, -0.15) is 0 Å². The van der Waals surface area contributed by atoms with Gasteiger partial charge in [0, 0.05) is 13.0 Å². The first kappa shape index (κ1) is 20.7. The van der Waals surface area contributed by atoms with E-state index in [4.69, 9.17) is 0 Å². The van der Waals surface area contributed by atoms with Crippen molar-refractivity contribution in [1.29, 1.82) is 0 Å². The number of halogens is 3. The van der Waals surface area contributed by atoms with Crippen LogP contribution in [0.25, 0.3) is 0 Å². The molecule has 27 heavy (non-hydrogen) atoms. The first-order valence-corrected chi connectivity index (χ1v) is 8.64. The minimum absolute atomic E-state index is 0.211. The van der Waals surface area contributed by atoms with Crippen molar-refractivity contribution >= 4 is 23.5 Å². The van der Waals surface area contributed by atoms with Gasteiger partial charge in [0.25, 0.3) is 0 Å². The van der Waals surface area contributed by atoms with Crippen LogP contribution >= 0.6 is 0 Å². The third-order valence-corrected chi connectivity index (χ3v) is 4.74. The maximum Gasteiger partial charge on any atom is 0.310 e. The first-order valence-electron chi connectivity index (χ1n) is 8.64. The number of carbonyl (C=O) groups excluding carboxylic acids is 2. The van der Waals surface area contributed by atoms with Crippen molar-refractivity contribution in [3.05, 3.63) is 29.6 Å². The van der Waals surface area contributed by atoms with Crippen LogP contribution in [-0.2, 0) is 14.4 Å². The Hall–Kier alpha value is -2.58. The van der Waals surface area contributed by atoms with E-state index in [0.29, 0.717) is 25.3 Å². The predicted octanol–water partition coefficient (Wildman–Crippen LogP) is 2.93. The van der Waals surface area contributed by atoms with E-state index in [1.54, 1.807) is 6.92 Å². The molecule has 6 nitrogen and oxygen atoms in total. The Morgan fingerprint density at radius 3 is 2.37 bits per heavy atom. The van der Waals surface area contributed by atoms with Gasteiger partial charge >= 0.3 is 5.97 Å². The summed E-state index contributed by atoms with van der Waals surface area (Å²) in [5.74, 6) is -6.93. The molecule has 0 unspecified atom stereocenters. The van der Waals surface area contributed by atoms with Crippen molar-refractivity contribution < 1.29 is 32.7 Å². The molecule has 0 radical (unpaired) electrons. The summed E-state index contributed by atoms with van der Waals surface area (Å²) in [5, 5.41) is 11.4. The number of hydrogen-bond acceptors (Lipinski definition) is 3. The van der Waals surface area contributed by atoms with Crippen molar-refractivity contribution in [2.75, 3.05) is 18.4 Å². The minimum Gasteiger partial charge on any atom is -0.481 e. The maximum atomic E-state index is 13.7. The van der Waals surface area contributed by atoms with Crippen LogP contribution in [0, 0.1) is 22.9 Å². The number of nitrogens with one attached hydrogen (secondary N) is 1. The zero-order chi connectivity index (χ0) is 20.2. The SMILES string of the molecule is CCCN(CC(=O)Nc1ccc(F)c(F)c1F)C(=O)CC1(C(=O)O)CCC1. The summed E-state index contributed by atoms with van der Waals surface area (Å²) in [6.07, 6.45) is 1.84. The summed E-state index contributed by atoms with van der Waals surface area (Å²) < 4.78 is 39.8. The average Bonchev–Trinajstić information content (AvgIpc) is 2.57. The van der Waals surface area contributed by atoms with Crippen molar-refractivity contribution in [1.82, 2.24) is 4.90 Å². The van der Waals surface area contributed by atoms with Crippen LogP contribution in [0.15, 0.2) is 12.1 Å². The van der Waals surface area contributed by atoms with Crippen molar-refractivity contribution in [2.24, 2.45) is 5.41 Å². The molecule has 1 aliphatic carbocycles. The van der Waals surface area contributed by atoms with Gasteiger partial charge in [-0.3, -0.25) is 14.4 Å². The lowest BCUT2D eigenvalue weighted by atomic mass is 9.66. The monoisotopic (exact) mass is 386 g/mol. The van der Waals surface area contributed by atoms with E-state index in [0.717, 1.165) is 12.5 Å². The Balaban J connectivity index is 2.04. The van der Waals surface area contributed by atoms with Gasteiger partial charge in [-0.1, -0.05) is 13.3 Å². The summed E-state index contributed by atoms with van der Waals surface area (Å²) in [4.78, 5) is 37.2. The normalized spacial score (nSPS) is 15.0. The molecule has 1 aromatic carbocycles. The molecule has 0 saturated heterocycles. The Morgan fingerprint density at radius 2 is 1.85 bits per heavy atom. The van der Waals surface area contributed by atoms with Gasteiger partial charge in [-0.15, -0.1) is 0 Å². The molecular weight excluding hydrogens is 365 g/mol. The Morgan fingerprint density at radius 1 is 1.19 bits per heavy atom. The number of hydrogen-bond donors (Lipinski definition) is 2. The number of aliphatic carboxylic acids is 1. The van der Waals surface area contributed by atoms with Gasteiger partial charge in [0.2, 0.25) is 11.8 Å². The second kappa shape index (κ2) is 8.41. The lowest BCUT2D eigenvalue weighted by Crippen LogP contribution is -2.46. The third-order valence-electron chi connectivity index (χ3n) is 4.74. The van der Waals surface area contributed by atoms with E-state index in [2.05, 4.69) is 5.32 Å². The third kappa shape index (κ3) is 4.58. The van der Waals surface area contributed by atoms with E-state index >= 15 is 0 Å². The number of rotatable bonds is 8. The van der Waals surface area contributed by atoms with E-state index in [-0.39, 0.29) is 13.0 Å². The first-order chi connectivity index (χ1) is 12.7. The molecular formula is C18H21F3N2O4. The molecule has 1 aromatic rings. The van der Waals surface area contributed by atoms with Gasteiger partial charge < -0.3 is 15.3 Å². The Bertz CT molecular complexity index is 750. The van der Waals surface area contributed by atoms with E-state index in [9.17, 15) is 32.7 Å². The predicted molar refractivity (Wildman–Crippen MR) is 90.4 cm³/mol. The van der Waals surface area contributed by atoms with Gasteiger partial charge in [0.05, 0.1) is 17.6 Å². The quantitative estimate of drug-likeness (QED) is 0.673. The van der Waals surface area contributed by atoms with Crippen molar-refractivity contribution in [3.8, 4) is 0 Å². The molecule has 2 N–H and O–H groups in total. The van der Waals surface area contributed by atoms with Gasteiger partial charge in [0.15, 0.2) is 17.5 Å². The highest BCUT2D eigenvalue weighted by Gasteiger charge is 2.46. The second-order valence-electron chi connectivity index (χ2n) is 6.70. The lowest BCUT2D eigenvalue weighted by Gasteiger charge is -2.38. The molecule has 0 bridgehead atoms. The van der Waals surface area contributed by atoms with Gasteiger partial charge in [0.1, 0.15) is 0 Å². The fraction of sp³-hybridized carbons (Fsp3) is 0.500. The fourth-order valence-electron chi connectivity index (χ4n) is 3.02. The number of carbonyl (C=O) groups is 3. The molecule has 0 spiro atoms. The van der Waals surface area contributed by atoms with Crippen molar-refractivity contribution in [3.63, 3.8) is 0 Å². The number of nitrogens with zero attached hydrogens (tertiary/aromatic N) is 1. The molecule has 0 aromatic heterocycles. The Labute approximate surface area is 154 Å². The number of amides is 2. The largest absolute Gasteiger partial charge is 0.481 e. The summed E-state index contributed by atoms with van der Waals surface area (Å²) in [5.41, 5.74) is -1.63. The smallest absolute Gasteiger partial charge is 0.310 e. The maximum absolute atomic E-state index is 13.7. The molecule has 0 atom stereocenters. The highest BCUT2D eigenvalue weighted by Crippen LogP contribution is 2.44. The second-order valence-corrected chi connectivity index (χ2v) is 6.70. The van der Waals surface area contributed by atoms with Crippen LogP contribution < -0.4 is 5.32 Å². The molecule has 2 amide bonds. The Kier molecular flexibility index (Phi) is 6.45. The number of carboxylic acid groups (broad SMARTS) is 1. The summed E-state index contributed by atoms with van der Waals surface area (Å²) in [6.45, 7) is 1.55. The molecule has 0 aliphatic heterocycles. The fourth-order valence-corrected chi connectivity index (χ4v) is 3.02. The van der Waals surface area contributed by atoms with Crippen LogP contribution in [0.1, 0.15) is 39.0 Å². The molecule has 2 rings (SSSR count). The van der Waals surface area contributed by atoms with Gasteiger partial charge in [-0.25, -0.2) is 13.2 Å². The van der Waals surface area contributed by atoms with Crippen LogP contribution in [-0.4, -0.2) is 40.9 Å². The zero-order valence-electron chi connectivity index (χ0n) is 14.9. The van der Waals surface area contributed by atoms with E-state index in [1.807, 2.05) is 0 Å². The highest BCUT2D eigenvalue weighted by molar-refractivity contribution is 5.95. The summed E-state index contributed by atoms with van der Waals surface area (Å²) in [7, 11) is 0. The van der Waals surface area contributed by atoms with Crippen LogP contribution in [0.2, 0.25) is 0 Å². The average molecular weight is 386 g/mol. The zero-order valence-corrected chi connectivity index (χ0v) is 14.9. The molecule has 1 saturated carbocycles. The molecule has 9 heteroatoms. The van der Waals surface area contributed by atoms with Crippen LogP contribution in [0.5, 0.6) is 0 Å². The highest BCUT2D eigenvalue weighted by atomic mass is 19.2. The van der Waals surface area contributed by atoms with E-state index < -0.39 is 52.9 Å².